The van der Waals surface area contributed by atoms with E-state index in [4.69, 9.17) is 16.3 Å². The van der Waals surface area contributed by atoms with Crippen molar-refractivity contribution in [2.24, 2.45) is 0 Å². The van der Waals surface area contributed by atoms with E-state index >= 15 is 0 Å². The fraction of sp³-hybridized carbons (Fsp3) is 0.429. The Morgan fingerprint density at radius 1 is 1.64 bits per heavy atom. The Hall–Kier alpha value is -0.830. The monoisotopic (exact) mass is 172 g/mol. The maximum Gasteiger partial charge on any atom is 0.155 e. The summed E-state index contributed by atoms with van der Waals surface area (Å²) >= 11 is 5.57. The molecule has 0 N–H and O–H groups in total. The van der Waals surface area contributed by atoms with Gasteiger partial charge in [-0.15, -0.1) is 5.10 Å². The van der Waals surface area contributed by atoms with Crippen molar-refractivity contribution in [3.63, 3.8) is 0 Å². The maximum absolute atomic E-state index is 5.57. The summed E-state index contributed by atoms with van der Waals surface area (Å²) in [5.41, 5.74) is 0. The van der Waals surface area contributed by atoms with Crippen molar-refractivity contribution in [3.05, 3.63) is 17.4 Å². The summed E-state index contributed by atoms with van der Waals surface area (Å²) in [5.74, 6) is 0.673. The molecule has 0 aliphatic carbocycles. The van der Waals surface area contributed by atoms with Gasteiger partial charge in [0.1, 0.15) is 5.75 Å². The van der Waals surface area contributed by atoms with Crippen LogP contribution in [0.5, 0.6) is 5.75 Å². The minimum atomic E-state index is 0.360. The predicted molar refractivity (Wildman–Crippen MR) is 42.8 cm³/mol. The van der Waals surface area contributed by atoms with Gasteiger partial charge in [-0.1, -0.05) is 18.5 Å². The smallest absolute Gasteiger partial charge is 0.155 e. The summed E-state index contributed by atoms with van der Waals surface area (Å²) in [7, 11) is 0. The van der Waals surface area contributed by atoms with Gasteiger partial charge in [0.15, 0.2) is 5.15 Å². The normalized spacial score (nSPS) is 9.64. The molecule has 0 amide bonds. The molecule has 4 heteroatoms. The molecule has 60 valence electrons. The molecule has 0 fully saturated rings. The van der Waals surface area contributed by atoms with E-state index in [1.54, 1.807) is 12.3 Å². The first-order chi connectivity index (χ1) is 5.33. The van der Waals surface area contributed by atoms with Gasteiger partial charge in [-0.25, -0.2) is 0 Å². The molecule has 0 unspecified atom stereocenters. The van der Waals surface area contributed by atoms with Crippen LogP contribution in [-0.4, -0.2) is 16.8 Å². The molecule has 0 saturated carbocycles. The van der Waals surface area contributed by atoms with Crippen LogP contribution in [0.4, 0.5) is 0 Å². The van der Waals surface area contributed by atoms with Gasteiger partial charge in [0.25, 0.3) is 0 Å². The predicted octanol–water partition coefficient (Wildman–Crippen LogP) is 1.92. The van der Waals surface area contributed by atoms with Gasteiger partial charge in [0.05, 0.1) is 12.8 Å². The second-order valence-electron chi connectivity index (χ2n) is 2.06. The summed E-state index contributed by atoms with van der Waals surface area (Å²) in [6.07, 6.45) is 2.52. The molecule has 0 saturated heterocycles. The number of rotatable bonds is 3. The fourth-order valence-corrected chi connectivity index (χ4v) is 0.774. The van der Waals surface area contributed by atoms with E-state index < -0.39 is 0 Å². The van der Waals surface area contributed by atoms with Gasteiger partial charge in [-0.05, 0) is 6.42 Å². The molecule has 0 bridgehead atoms. The Balaban J connectivity index is 2.56. The Morgan fingerprint density at radius 3 is 3.09 bits per heavy atom. The molecule has 1 rings (SSSR count). The molecule has 0 aromatic carbocycles. The molecule has 1 aromatic heterocycles. The lowest BCUT2D eigenvalue weighted by molar-refractivity contribution is 0.315. The van der Waals surface area contributed by atoms with Gasteiger partial charge in [-0.3, -0.25) is 0 Å². The Labute approximate surface area is 70.4 Å². The van der Waals surface area contributed by atoms with Crippen LogP contribution in [-0.2, 0) is 0 Å². The first-order valence-corrected chi connectivity index (χ1v) is 3.81. The second-order valence-corrected chi connectivity index (χ2v) is 2.45. The first kappa shape index (κ1) is 8.27. The van der Waals surface area contributed by atoms with Crippen LogP contribution in [0.15, 0.2) is 12.3 Å². The largest absolute Gasteiger partial charge is 0.492 e. The molecule has 3 nitrogen and oxygen atoms in total. The van der Waals surface area contributed by atoms with Crippen LogP contribution in [0.3, 0.4) is 0 Å². The standard InChI is InChI=1S/C7H9ClN2O/c1-2-3-11-6-4-7(8)10-9-5-6/h4-5H,2-3H2,1H3. The summed E-state index contributed by atoms with van der Waals surface area (Å²) in [6.45, 7) is 2.72. The zero-order valence-electron chi connectivity index (χ0n) is 6.25. The van der Waals surface area contributed by atoms with Crippen molar-refractivity contribution >= 4 is 11.6 Å². The number of nitrogens with zero attached hydrogens (tertiary/aromatic N) is 2. The minimum absolute atomic E-state index is 0.360. The lowest BCUT2D eigenvalue weighted by Gasteiger charge is -2.01. The van der Waals surface area contributed by atoms with E-state index in [0.29, 0.717) is 17.5 Å². The van der Waals surface area contributed by atoms with Crippen LogP contribution in [0.2, 0.25) is 5.15 Å². The van der Waals surface area contributed by atoms with E-state index in [-0.39, 0.29) is 0 Å². The molecule has 0 spiro atoms. The molecule has 0 atom stereocenters. The highest BCUT2D eigenvalue weighted by atomic mass is 35.5. The van der Waals surface area contributed by atoms with Crippen LogP contribution < -0.4 is 4.74 Å². The highest BCUT2D eigenvalue weighted by molar-refractivity contribution is 6.29. The third-order valence-corrected chi connectivity index (χ3v) is 1.26. The van der Waals surface area contributed by atoms with Crippen LogP contribution in [0.25, 0.3) is 0 Å². The van der Waals surface area contributed by atoms with Crippen molar-refractivity contribution in [1.82, 2.24) is 10.2 Å². The number of hydrogen-bond acceptors (Lipinski definition) is 3. The minimum Gasteiger partial charge on any atom is -0.492 e. The van der Waals surface area contributed by atoms with E-state index in [0.717, 1.165) is 6.42 Å². The SMILES string of the molecule is CCCOc1cnnc(Cl)c1. The van der Waals surface area contributed by atoms with E-state index in [1.165, 1.54) is 0 Å². The lowest BCUT2D eigenvalue weighted by Crippen LogP contribution is -1.95. The fourth-order valence-electron chi connectivity index (χ4n) is 0.623. The Bertz CT molecular complexity index is 229. The maximum atomic E-state index is 5.57. The summed E-state index contributed by atoms with van der Waals surface area (Å²) in [4.78, 5) is 0. The number of aromatic nitrogens is 2. The van der Waals surface area contributed by atoms with Crippen LogP contribution >= 0.6 is 11.6 Å². The van der Waals surface area contributed by atoms with Gasteiger partial charge in [-0.2, -0.15) is 5.10 Å². The van der Waals surface area contributed by atoms with Crippen molar-refractivity contribution in [3.8, 4) is 5.75 Å². The average Bonchev–Trinajstić information content (AvgIpc) is 2.01. The molecular weight excluding hydrogens is 164 g/mol. The van der Waals surface area contributed by atoms with Gasteiger partial charge in [0.2, 0.25) is 0 Å². The van der Waals surface area contributed by atoms with Crippen molar-refractivity contribution in [2.75, 3.05) is 6.61 Å². The molecular formula is C7H9ClN2O. The second kappa shape index (κ2) is 4.13. The van der Waals surface area contributed by atoms with Gasteiger partial charge in [0, 0.05) is 6.07 Å². The summed E-state index contributed by atoms with van der Waals surface area (Å²) in [5, 5.41) is 7.57. The topological polar surface area (TPSA) is 35.0 Å². The molecule has 0 aliphatic rings. The van der Waals surface area contributed by atoms with Crippen molar-refractivity contribution < 1.29 is 4.74 Å². The molecule has 11 heavy (non-hydrogen) atoms. The summed E-state index contributed by atoms with van der Waals surface area (Å²) < 4.78 is 5.25. The molecule has 1 aromatic rings. The third-order valence-electron chi connectivity index (χ3n) is 1.07. The molecule has 1 heterocycles. The van der Waals surface area contributed by atoms with E-state index in [2.05, 4.69) is 10.2 Å². The zero-order chi connectivity index (χ0) is 8.10. The molecule has 0 radical (unpaired) electrons. The highest BCUT2D eigenvalue weighted by Gasteiger charge is 1.94. The summed E-state index contributed by atoms with van der Waals surface area (Å²) in [6, 6.07) is 1.64. The van der Waals surface area contributed by atoms with Crippen molar-refractivity contribution in [1.29, 1.82) is 0 Å². The average molecular weight is 173 g/mol. The number of halogens is 1. The number of hydrogen-bond donors (Lipinski definition) is 0. The number of ether oxygens (including phenoxy) is 1. The lowest BCUT2D eigenvalue weighted by atomic mass is 10.5. The molecule has 0 aliphatic heterocycles. The van der Waals surface area contributed by atoms with Crippen molar-refractivity contribution in [2.45, 2.75) is 13.3 Å². The zero-order valence-corrected chi connectivity index (χ0v) is 7.01. The Kier molecular flexibility index (Phi) is 3.11. The van der Waals surface area contributed by atoms with Crippen LogP contribution in [0.1, 0.15) is 13.3 Å². The highest BCUT2D eigenvalue weighted by Crippen LogP contribution is 2.12. The quantitative estimate of drug-likeness (QED) is 0.699. The van der Waals surface area contributed by atoms with Crippen LogP contribution in [0, 0.1) is 0 Å². The Morgan fingerprint density at radius 2 is 2.45 bits per heavy atom. The van der Waals surface area contributed by atoms with E-state index in [1.807, 2.05) is 6.92 Å². The van der Waals surface area contributed by atoms with Gasteiger partial charge < -0.3 is 4.74 Å². The van der Waals surface area contributed by atoms with Gasteiger partial charge >= 0.3 is 0 Å². The third kappa shape index (κ3) is 2.72. The first-order valence-electron chi connectivity index (χ1n) is 3.44. The van der Waals surface area contributed by atoms with E-state index in [9.17, 15) is 0 Å².